The molecule has 3 N–H and O–H groups in total. The zero-order chi connectivity index (χ0) is 34.8. The summed E-state index contributed by atoms with van der Waals surface area (Å²) >= 11 is 0. The second kappa shape index (κ2) is 16.5. The predicted octanol–water partition coefficient (Wildman–Crippen LogP) is 3.38. The number of methoxy groups -OCH3 is 2. The van der Waals surface area contributed by atoms with E-state index >= 15 is 0 Å². The molecule has 4 rings (SSSR count). The molecule has 256 valence electrons. The van der Waals surface area contributed by atoms with Gasteiger partial charge in [-0.3, -0.25) is 19.2 Å². The minimum absolute atomic E-state index is 0.0142. The van der Waals surface area contributed by atoms with Gasteiger partial charge in [-0.15, -0.1) is 0 Å². The fraction of sp³-hybridized carbons (Fsp3) is 0.400. The predicted molar refractivity (Wildman–Crippen MR) is 181 cm³/mol. The first kappa shape index (κ1) is 35.5. The first-order valence-corrected chi connectivity index (χ1v) is 15.8. The van der Waals surface area contributed by atoms with Gasteiger partial charge in [0.05, 0.1) is 38.4 Å². The topological polar surface area (TPSA) is 151 Å². The molecule has 0 radical (unpaired) electrons. The number of hydrogen-bond donors (Lipinski definition) is 3. The summed E-state index contributed by atoms with van der Waals surface area (Å²) in [6.07, 6.45) is 2.53. The first-order valence-electron chi connectivity index (χ1n) is 15.8. The maximum absolute atomic E-state index is 13.6. The Kier molecular flexibility index (Phi) is 12.2. The molecule has 1 aromatic heterocycles. The third-order valence-electron chi connectivity index (χ3n) is 7.88. The normalized spacial score (nSPS) is 16.4. The number of ether oxygens (including phenoxy) is 3. The van der Waals surface area contributed by atoms with Crippen LogP contribution in [0.3, 0.4) is 0 Å². The van der Waals surface area contributed by atoms with Gasteiger partial charge in [0.2, 0.25) is 11.8 Å². The van der Waals surface area contributed by atoms with Crippen LogP contribution in [0.1, 0.15) is 53.0 Å². The molecule has 0 saturated heterocycles. The summed E-state index contributed by atoms with van der Waals surface area (Å²) in [4.78, 5) is 61.2. The van der Waals surface area contributed by atoms with Crippen LogP contribution in [0.4, 0.5) is 5.82 Å². The fourth-order valence-electron chi connectivity index (χ4n) is 5.18. The minimum Gasteiger partial charge on any atom is -0.496 e. The number of fused-ring (bicyclic) bond motifs is 3. The van der Waals surface area contributed by atoms with E-state index in [1.807, 2.05) is 32.8 Å². The lowest BCUT2D eigenvalue weighted by molar-refractivity contribution is -0.130. The van der Waals surface area contributed by atoms with E-state index in [0.29, 0.717) is 64.9 Å². The van der Waals surface area contributed by atoms with Crippen LogP contribution in [-0.4, -0.2) is 87.5 Å². The zero-order valence-electron chi connectivity index (χ0n) is 28.3. The Morgan fingerprint density at radius 2 is 1.75 bits per heavy atom. The number of carbonyl (C=O) groups is 4. The van der Waals surface area contributed by atoms with Gasteiger partial charge in [0.15, 0.2) is 11.5 Å². The summed E-state index contributed by atoms with van der Waals surface area (Å²) in [6, 6.07) is 12.6. The van der Waals surface area contributed by atoms with E-state index in [1.54, 1.807) is 48.5 Å². The lowest BCUT2D eigenvalue weighted by Crippen LogP contribution is -2.52. The van der Waals surface area contributed by atoms with Gasteiger partial charge in [-0.25, -0.2) is 4.98 Å². The Hall–Kier alpha value is -5.33. The number of benzene rings is 2. The molecule has 48 heavy (non-hydrogen) atoms. The van der Waals surface area contributed by atoms with E-state index in [9.17, 15) is 19.2 Å². The number of hydrogen-bond acceptors (Lipinski definition) is 9. The van der Waals surface area contributed by atoms with Crippen LogP contribution < -0.4 is 35.1 Å². The molecule has 0 unspecified atom stereocenters. The molecule has 0 aliphatic carbocycles. The van der Waals surface area contributed by atoms with Crippen molar-refractivity contribution in [2.45, 2.75) is 39.3 Å². The van der Waals surface area contributed by atoms with Crippen molar-refractivity contribution in [3.05, 3.63) is 71.4 Å². The molecule has 2 heterocycles. The summed E-state index contributed by atoms with van der Waals surface area (Å²) in [5, 5.41) is 8.64. The standard InChI is InChI=1S/C35H44N6O7/c1-22(2)32-34(44)38-20-25-26(46-5)10-9-11-27(25)48-29-18-23(12-14-28(29)47-6)33(43)36-16-7-8-17-41(21-31(42)39-32)35(45)24-13-15-30(37-19-24)40(3)4/h9-15,18-19,22,32H,7-8,16-17,20-21H2,1-6H3,(H,36,43)(H,38,44)(H,39,42)/t32-/m1/s1. The lowest BCUT2D eigenvalue weighted by Gasteiger charge is -2.26. The van der Waals surface area contributed by atoms with Crippen molar-refractivity contribution < 1.29 is 33.4 Å². The second-order valence-electron chi connectivity index (χ2n) is 11.9. The Morgan fingerprint density at radius 3 is 2.42 bits per heavy atom. The highest BCUT2D eigenvalue weighted by Crippen LogP contribution is 2.37. The molecular weight excluding hydrogens is 616 g/mol. The maximum atomic E-state index is 13.6. The molecule has 3 aromatic rings. The Bertz CT molecular complexity index is 1610. The van der Waals surface area contributed by atoms with Crippen molar-refractivity contribution in [3.8, 4) is 23.0 Å². The third kappa shape index (κ3) is 8.93. The molecule has 2 aromatic carbocycles. The zero-order valence-corrected chi connectivity index (χ0v) is 28.3. The number of nitrogens with zero attached hydrogens (tertiary/aromatic N) is 3. The molecule has 1 aliphatic rings. The quantitative estimate of drug-likeness (QED) is 0.374. The summed E-state index contributed by atoms with van der Waals surface area (Å²) in [6.45, 7) is 3.98. The highest BCUT2D eigenvalue weighted by Gasteiger charge is 2.27. The van der Waals surface area contributed by atoms with E-state index in [2.05, 4.69) is 20.9 Å². The number of amides is 4. The fourth-order valence-corrected chi connectivity index (χ4v) is 5.18. The van der Waals surface area contributed by atoms with Crippen LogP contribution in [0.15, 0.2) is 54.7 Å². The van der Waals surface area contributed by atoms with Crippen molar-refractivity contribution in [2.75, 3.05) is 52.8 Å². The number of carbonyl (C=O) groups excluding carboxylic acids is 4. The SMILES string of the molecule is COc1ccc2cc1Oc1cccc(OC)c1CNC(=O)[C@@H](C(C)C)NC(=O)CN(C(=O)c1ccc(N(C)C)nc1)CCCCNC2=O. The van der Waals surface area contributed by atoms with E-state index in [-0.39, 0.29) is 37.4 Å². The average molecular weight is 661 g/mol. The first-order chi connectivity index (χ1) is 23.0. The lowest BCUT2D eigenvalue weighted by atomic mass is 10.0. The van der Waals surface area contributed by atoms with E-state index in [0.717, 1.165) is 0 Å². The van der Waals surface area contributed by atoms with Crippen molar-refractivity contribution in [3.63, 3.8) is 0 Å². The molecule has 1 atom stereocenters. The van der Waals surface area contributed by atoms with Crippen LogP contribution >= 0.6 is 0 Å². The summed E-state index contributed by atoms with van der Waals surface area (Å²) in [7, 11) is 6.71. The second-order valence-corrected chi connectivity index (χ2v) is 11.9. The monoisotopic (exact) mass is 660 g/mol. The number of pyridine rings is 1. The molecule has 4 amide bonds. The Balaban J connectivity index is 1.66. The van der Waals surface area contributed by atoms with Crippen molar-refractivity contribution in [1.82, 2.24) is 25.8 Å². The third-order valence-corrected chi connectivity index (χ3v) is 7.88. The van der Waals surface area contributed by atoms with Crippen LogP contribution in [0.25, 0.3) is 0 Å². The number of rotatable bonds is 5. The molecule has 13 heteroatoms. The van der Waals surface area contributed by atoms with Gasteiger partial charge in [-0.05, 0) is 61.2 Å². The van der Waals surface area contributed by atoms with Crippen LogP contribution in [-0.2, 0) is 16.1 Å². The summed E-state index contributed by atoms with van der Waals surface area (Å²) < 4.78 is 17.3. The molecule has 0 fully saturated rings. The van der Waals surface area contributed by atoms with Gasteiger partial charge in [-0.1, -0.05) is 19.9 Å². The summed E-state index contributed by atoms with van der Waals surface area (Å²) in [5.74, 6) is 0.411. The van der Waals surface area contributed by atoms with Gasteiger partial charge in [0.25, 0.3) is 11.8 Å². The smallest absolute Gasteiger partial charge is 0.255 e. The average Bonchev–Trinajstić information content (AvgIpc) is 3.08. The largest absolute Gasteiger partial charge is 0.496 e. The number of aromatic nitrogens is 1. The van der Waals surface area contributed by atoms with Crippen molar-refractivity contribution in [2.24, 2.45) is 5.92 Å². The van der Waals surface area contributed by atoms with Crippen molar-refractivity contribution in [1.29, 1.82) is 0 Å². The number of nitrogens with one attached hydrogen (secondary N) is 3. The molecule has 0 spiro atoms. The van der Waals surface area contributed by atoms with Gasteiger partial charge < -0.3 is 40.0 Å². The summed E-state index contributed by atoms with van der Waals surface area (Å²) in [5.41, 5.74) is 1.23. The van der Waals surface area contributed by atoms with Gasteiger partial charge in [0.1, 0.15) is 23.4 Å². The molecular formula is C35H44N6O7. The highest BCUT2D eigenvalue weighted by atomic mass is 16.5. The van der Waals surface area contributed by atoms with Crippen molar-refractivity contribution >= 4 is 29.4 Å². The van der Waals surface area contributed by atoms with E-state index < -0.39 is 17.9 Å². The Morgan fingerprint density at radius 1 is 0.979 bits per heavy atom. The number of anilines is 1. The molecule has 2 bridgehead atoms. The van der Waals surface area contributed by atoms with Gasteiger partial charge >= 0.3 is 0 Å². The molecule has 1 aliphatic heterocycles. The van der Waals surface area contributed by atoms with E-state index in [4.69, 9.17) is 14.2 Å². The van der Waals surface area contributed by atoms with Gasteiger partial charge in [0, 0.05) is 38.9 Å². The highest BCUT2D eigenvalue weighted by molar-refractivity contribution is 5.97. The minimum atomic E-state index is -0.882. The van der Waals surface area contributed by atoms with Crippen LogP contribution in [0.2, 0.25) is 0 Å². The van der Waals surface area contributed by atoms with Gasteiger partial charge in [-0.2, -0.15) is 0 Å². The van der Waals surface area contributed by atoms with E-state index in [1.165, 1.54) is 25.3 Å². The van der Waals surface area contributed by atoms with Crippen LogP contribution in [0.5, 0.6) is 23.0 Å². The van der Waals surface area contributed by atoms with Crippen LogP contribution in [0, 0.1) is 5.92 Å². The molecule has 13 nitrogen and oxygen atoms in total. The molecule has 0 saturated carbocycles. The maximum Gasteiger partial charge on any atom is 0.255 e. The Labute approximate surface area is 280 Å².